The number of hydrogen-bond donors (Lipinski definition) is 0. The maximum absolute atomic E-state index is 11.6. The van der Waals surface area contributed by atoms with Crippen LogP contribution in [0.25, 0.3) is 0 Å². The number of carbonyl (C=O) groups is 2. The van der Waals surface area contributed by atoms with Crippen molar-refractivity contribution in [1.82, 2.24) is 4.90 Å². The van der Waals surface area contributed by atoms with Gasteiger partial charge in [-0.25, -0.2) is 4.79 Å². The number of ketones is 1. The lowest BCUT2D eigenvalue weighted by Gasteiger charge is -2.31. The molecule has 0 spiro atoms. The summed E-state index contributed by atoms with van der Waals surface area (Å²) in [5.74, 6) is 0.575. The molecule has 1 fully saturated rings. The number of carbonyl (C=O) groups excluding carboxylic acids is 2. The van der Waals surface area contributed by atoms with Crippen molar-refractivity contribution in [3.63, 3.8) is 0 Å². The molecule has 1 aliphatic rings. The second kappa shape index (κ2) is 5.14. The van der Waals surface area contributed by atoms with Crippen LogP contribution in [0.1, 0.15) is 33.6 Å². The molecule has 0 radical (unpaired) electrons. The minimum atomic E-state index is -0.288. The van der Waals surface area contributed by atoms with Crippen LogP contribution >= 0.6 is 0 Å². The molecule has 0 N–H and O–H groups in total. The van der Waals surface area contributed by atoms with Gasteiger partial charge in [0.2, 0.25) is 0 Å². The summed E-state index contributed by atoms with van der Waals surface area (Å²) in [7, 11) is 0. The highest BCUT2D eigenvalue weighted by atomic mass is 16.6. The standard InChI is InChI=1S/C11H19NO3/c1-8(2)7-15-11(14)12-5-4-10(13)6-9(12)3/h8-9H,4-7H2,1-3H3. The monoisotopic (exact) mass is 213 g/mol. The topological polar surface area (TPSA) is 46.6 Å². The molecule has 1 aliphatic heterocycles. The highest BCUT2D eigenvalue weighted by molar-refractivity contribution is 5.82. The van der Waals surface area contributed by atoms with E-state index in [1.807, 2.05) is 20.8 Å². The first-order valence-corrected chi connectivity index (χ1v) is 5.45. The fourth-order valence-corrected chi connectivity index (χ4v) is 1.60. The molecule has 1 amide bonds. The molecule has 0 aromatic rings. The van der Waals surface area contributed by atoms with Crippen LogP contribution < -0.4 is 0 Å². The van der Waals surface area contributed by atoms with E-state index in [1.165, 1.54) is 0 Å². The Morgan fingerprint density at radius 3 is 2.80 bits per heavy atom. The van der Waals surface area contributed by atoms with Crippen molar-refractivity contribution in [2.24, 2.45) is 5.92 Å². The van der Waals surface area contributed by atoms with Crippen LogP contribution in [0.15, 0.2) is 0 Å². The van der Waals surface area contributed by atoms with E-state index in [-0.39, 0.29) is 17.9 Å². The van der Waals surface area contributed by atoms with Crippen LogP contribution in [0.5, 0.6) is 0 Å². The van der Waals surface area contributed by atoms with E-state index in [2.05, 4.69) is 0 Å². The Bertz CT molecular complexity index is 250. The zero-order valence-corrected chi connectivity index (χ0v) is 9.66. The Morgan fingerprint density at radius 2 is 2.27 bits per heavy atom. The van der Waals surface area contributed by atoms with E-state index in [0.717, 1.165) is 0 Å². The van der Waals surface area contributed by atoms with Crippen LogP contribution in [0.4, 0.5) is 4.79 Å². The van der Waals surface area contributed by atoms with Crippen molar-refractivity contribution >= 4 is 11.9 Å². The number of nitrogens with zero attached hydrogens (tertiary/aromatic N) is 1. The fraction of sp³-hybridized carbons (Fsp3) is 0.818. The van der Waals surface area contributed by atoms with Gasteiger partial charge in [0.25, 0.3) is 0 Å². The van der Waals surface area contributed by atoms with Gasteiger partial charge in [-0.3, -0.25) is 4.79 Å². The molecule has 1 saturated heterocycles. The highest BCUT2D eigenvalue weighted by Gasteiger charge is 2.28. The van der Waals surface area contributed by atoms with E-state index in [0.29, 0.717) is 31.9 Å². The van der Waals surface area contributed by atoms with Crippen molar-refractivity contribution in [3.05, 3.63) is 0 Å². The van der Waals surface area contributed by atoms with Gasteiger partial charge in [-0.15, -0.1) is 0 Å². The minimum Gasteiger partial charge on any atom is -0.449 e. The number of Topliss-reactive ketones (excluding diaryl/α,β-unsaturated/α-hetero) is 1. The van der Waals surface area contributed by atoms with E-state index in [4.69, 9.17) is 4.74 Å². The summed E-state index contributed by atoms with van der Waals surface area (Å²) in [5, 5.41) is 0. The molecule has 1 heterocycles. The molecule has 1 atom stereocenters. The van der Waals surface area contributed by atoms with Gasteiger partial charge in [-0.05, 0) is 12.8 Å². The SMILES string of the molecule is CC(C)COC(=O)N1CCC(=O)CC1C. The highest BCUT2D eigenvalue weighted by Crippen LogP contribution is 2.15. The molecule has 15 heavy (non-hydrogen) atoms. The zero-order valence-electron chi connectivity index (χ0n) is 9.66. The number of amides is 1. The predicted molar refractivity (Wildman–Crippen MR) is 56.6 cm³/mol. The molecule has 0 bridgehead atoms. The Morgan fingerprint density at radius 1 is 1.60 bits per heavy atom. The van der Waals surface area contributed by atoms with E-state index in [1.54, 1.807) is 4.90 Å². The Hall–Kier alpha value is -1.06. The van der Waals surface area contributed by atoms with Crippen molar-refractivity contribution < 1.29 is 14.3 Å². The number of likely N-dealkylation sites (tertiary alicyclic amines) is 1. The second-order valence-electron chi connectivity index (χ2n) is 4.51. The third kappa shape index (κ3) is 3.53. The van der Waals surface area contributed by atoms with Gasteiger partial charge in [-0.2, -0.15) is 0 Å². The van der Waals surface area contributed by atoms with Crippen LogP contribution in [-0.4, -0.2) is 36.0 Å². The lowest BCUT2D eigenvalue weighted by atomic mass is 10.0. The van der Waals surface area contributed by atoms with E-state index in [9.17, 15) is 9.59 Å². The van der Waals surface area contributed by atoms with Gasteiger partial charge in [0.05, 0.1) is 6.61 Å². The largest absolute Gasteiger partial charge is 0.449 e. The molecule has 4 nitrogen and oxygen atoms in total. The van der Waals surface area contributed by atoms with Crippen LogP contribution in [0.2, 0.25) is 0 Å². The molecule has 0 saturated carbocycles. The smallest absolute Gasteiger partial charge is 0.410 e. The molecule has 0 aromatic heterocycles. The Kier molecular flexibility index (Phi) is 4.12. The van der Waals surface area contributed by atoms with Crippen LogP contribution in [0, 0.1) is 5.92 Å². The number of piperidine rings is 1. The third-order valence-electron chi connectivity index (χ3n) is 2.46. The zero-order chi connectivity index (χ0) is 11.4. The van der Waals surface area contributed by atoms with E-state index >= 15 is 0 Å². The summed E-state index contributed by atoms with van der Waals surface area (Å²) in [6, 6.07) is -0.0223. The first-order valence-electron chi connectivity index (χ1n) is 5.45. The Labute approximate surface area is 90.6 Å². The molecule has 1 unspecified atom stereocenters. The van der Waals surface area contributed by atoms with Gasteiger partial charge in [0.15, 0.2) is 0 Å². The fourth-order valence-electron chi connectivity index (χ4n) is 1.60. The maximum atomic E-state index is 11.6. The maximum Gasteiger partial charge on any atom is 0.410 e. The summed E-state index contributed by atoms with van der Waals surface area (Å²) < 4.78 is 5.12. The quantitative estimate of drug-likeness (QED) is 0.703. The summed E-state index contributed by atoms with van der Waals surface area (Å²) in [4.78, 5) is 24.4. The molecule has 0 aromatic carbocycles. The summed E-state index contributed by atoms with van der Waals surface area (Å²) >= 11 is 0. The van der Waals surface area contributed by atoms with Gasteiger partial charge in [0.1, 0.15) is 5.78 Å². The third-order valence-corrected chi connectivity index (χ3v) is 2.46. The lowest BCUT2D eigenvalue weighted by Crippen LogP contribution is -2.45. The van der Waals surface area contributed by atoms with Crippen molar-refractivity contribution in [2.75, 3.05) is 13.2 Å². The van der Waals surface area contributed by atoms with Gasteiger partial charge in [0, 0.05) is 25.4 Å². The van der Waals surface area contributed by atoms with Crippen LogP contribution in [-0.2, 0) is 9.53 Å². The number of rotatable bonds is 2. The van der Waals surface area contributed by atoms with Crippen molar-refractivity contribution in [2.45, 2.75) is 39.7 Å². The molecule has 86 valence electrons. The minimum absolute atomic E-state index is 0.0223. The van der Waals surface area contributed by atoms with Gasteiger partial charge < -0.3 is 9.64 Å². The van der Waals surface area contributed by atoms with Gasteiger partial charge in [-0.1, -0.05) is 13.8 Å². The van der Waals surface area contributed by atoms with Crippen molar-refractivity contribution in [1.29, 1.82) is 0 Å². The average Bonchev–Trinajstić information content (AvgIpc) is 2.14. The number of hydrogen-bond acceptors (Lipinski definition) is 3. The second-order valence-corrected chi connectivity index (χ2v) is 4.51. The first kappa shape index (κ1) is 12.0. The molecular formula is C11H19NO3. The summed E-state index contributed by atoms with van der Waals surface area (Å²) in [5.41, 5.74) is 0. The normalized spacial score (nSPS) is 22.0. The lowest BCUT2D eigenvalue weighted by molar-refractivity contribution is -0.122. The number of ether oxygens (including phenoxy) is 1. The summed E-state index contributed by atoms with van der Waals surface area (Å²) in [6.45, 7) is 6.81. The van der Waals surface area contributed by atoms with Crippen molar-refractivity contribution in [3.8, 4) is 0 Å². The molecule has 1 rings (SSSR count). The van der Waals surface area contributed by atoms with E-state index < -0.39 is 0 Å². The van der Waals surface area contributed by atoms with Gasteiger partial charge >= 0.3 is 6.09 Å². The molecule has 0 aliphatic carbocycles. The molecular weight excluding hydrogens is 194 g/mol. The predicted octanol–water partition coefficient (Wildman–Crippen LogP) is 1.83. The molecule has 4 heteroatoms. The first-order chi connectivity index (χ1) is 7.00. The Balaban J connectivity index is 2.42. The van der Waals surface area contributed by atoms with Crippen LogP contribution in [0.3, 0.4) is 0 Å². The average molecular weight is 213 g/mol. The summed E-state index contributed by atoms with van der Waals surface area (Å²) in [6.07, 6.45) is 0.626.